The Morgan fingerprint density at radius 1 is 1.28 bits per heavy atom. The van der Waals surface area contributed by atoms with E-state index in [1.807, 2.05) is 49.9 Å². The Balaban J connectivity index is 0.00000225. The molecule has 0 fully saturated rings. The summed E-state index contributed by atoms with van der Waals surface area (Å²) in [6.07, 6.45) is 7.50. The third-order valence-electron chi connectivity index (χ3n) is 3.21. The molecule has 3 heterocycles. The SMILES string of the molecule is CC(C)(C)OC(=O)CC[n+]1ccc(-c2nc3ncncc3s2)cc1.[Br-]. The number of hydrogen-bond acceptors (Lipinski definition) is 6. The van der Waals surface area contributed by atoms with Crippen molar-refractivity contribution in [3.63, 3.8) is 0 Å². The van der Waals surface area contributed by atoms with Gasteiger partial charge in [-0.3, -0.25) is 4.79 Å². The summed E-state index contributed by atoms with van der Waals surface area (Å²) in [5.41, 5.74) is 1.29. The minimum Gasteiger partial charge on any atom is -1.00 e. The second-order valence-corrected chi connectivity index (χ2v) is 7.42. The van der Waals surface area contributed by atoms with Crippen LogP contribution in [0.4, 0.5) is 0 Å². The number of fused-ring (bicyclic) bond motifs is 1. The molecule has 3 rings (SSSR count). The number of carbonyl (C=O) groups is 1. The lowest BCUT2D eigenvalue weighted by atomic mass is 10.2. The maximum absolute atomic E-state index is 11.8. The smallest absolute Gasteiger partial charge is 0.312 e. The molecule has 132 valence electrons. The Morgan fingerprint density at radius 2 is 2.00 bits per heavy atom. The fourth-order valence-electron chi connectivity index (χ4n) is 2.17. The van der Waals surface area contributed by atoms with E-state index in [0.29, 0.717) is 18.6 Å². The summed E-state index contributed by atoms with van der Waals surface area (Å²) in [6.45, 7) is 6.19. The minimum atomic E-state index is -0.443. The molecule has 0 bridgehead atoms. The van der Waals surface area contributed by atoms with Crippen LogP contribution in [0, 0.1) is 0 Å². The van der Waals surface area contributed by atoms with Crippen LogP contribution < -0.4 is 21.5 Å². The van der Waals surface area contributed by atoms with E-state index in [-0.39, 0.29) is 23.0 Å². The summed E-state index contributed by atoms with van der Waals surface area (Å²) < 4.78 is 8.24. The van der Waals surface area contributed by atoms with Crippen LogP contribution in [0.2, 0.25) is 0 Å². The number of nitrogens with zero attached hydrogens (tertiary/aromatic N) is 4. The van der Waals surface area contributed by atoms with Gasteiger partial charge in [-0.1, -0.05) is 0 Å². The van der Waals surface area contributed by atoms with Gasteiger partial charge in [0.25, 0.3) is 0 Å². The largest absolute Gasteiger partial charge is 1.00 e. The normalized spacial score (nSPS) is 11.2. The number of pyridine rings is 1. The minimum absolute atomic E-state index is 0. The van der Waals surface area contributed by atoms with Gasteiger partial charge in [-0.15, -0.1) is 11.3 Å². The van der Waals surface area contributed by atoms with E-state index >= 15 is 0 Å². The Kier molecular flexibility index (Phi) is 6.18. The van der Waals surface area contributed by atoms with Crippen molar-refractivity contribution >= 4 is 27.7 Å². The van der Waals surface area contributed by atoms with Gasteiger partial charge in [0.15, 0.2) is 24.6 Å². The summed E-state index contributed by atoms with van der Waals surface area (Å²) in [4.78, 5) is 24.4. The van der Waals surface area contributed by atoms with Gasteiger partial charge in [-0.05, 0) is 20.8 Å². The molecule has 0 aliphatic carbocycles. The van der Waals surface area contributed by atoms with Crippen molar-refractivity contribution in [2.75, 3.05) is 0 Å². The number of hydrogen-bond donors (Lipinski definition) is 0. The lowest BCUT2D eigenvalue weighted by Gasteiger charge is -2.18. The summed E-state index contributed by atoms with van der Waals surface area (Å²) >= 11 is 1.56. The highest BCUT2D eigenvalue weighted by Crippen LogP contribution is 2.27. The molecule has 0 aromatic carbocycles. The molecule has 0 saturated carbocycles. The number of aryl methyl sites for hydroxylation is 1. The van der Waals surface area contributed by atoms with Gasteiger partial charge in [0, 0.05) is 23.9 Å². The molecule has 0 atom stereocenters. The third kappa shape index (κ3) is 5.27. The number of rotatable bonds is 4. The molecule has 25 heavy (non-hydrogen) atoms. The van der Waals surface area contributed by atoms with Gasteiger partial charge >= 0.3 is 5.97 Å². The Morgan fingerprint density at radius 3 is 2.64 bits per heavy atom. The van der Waals surface area contributed by atoms with Crippen molar-refractivity contribution in [1.82, 2.24) is 15.0 Å². The lowest BCUT2D eigenvalue weighted by molar-refractivity contribution is -0.695. The molecule has 0 aliphatic heterocycles. The van der Waals surface area contributed by atoms with E-state index in [4.69, 9.17) is 4.74 Å². The lowest BCUT2D eigenvalue weighted by Crippen LogP contribution is -3.00. The fraction of sp³-hybridized carbons (Fsp3) is 0.353. The first-order valence-corrected chi connectivity index (χ1v) is 8.50. The molecular formula is C17H19BrN4O2S. The first-order valence-electron chi connectivity index (χ1n) is 7.68. The van der Waals surface area contributed by atoms with Crippen LogP contribution in [0.15, 0.2) is 37.1 Å². The van der Waals surface area contributed by atoms with Crippen molar-refractivity contribution in [3.05, 3.63) is 37.1 Å². The van der Waals surface area contributed by atoms with Crippen LogP contribution in [-0.4, -0.2) is 26.5 Å². The molecule has 0 unspecified atom stereocenters. The van der Waals surface area contributed by atoms with Crippen molar-refractivity contribution in [3.8, 4) is 10.6 Å². The molecule has 0 radical (unpaired) electrons. The van der Waals surface area contributed by atoms with Crippen molar-refractivity contribution in [2.24, 2.45) is 0 Å². The van der Waals surface area contributed by atoms with E-state index in [2.05, 4.69) is 15.0 Å². The second-order valence-electron chi connectivity index (χ2n) is 6.39. The molecule has 0 N–H and O–H groups in total. The second kappa shape index (κ2) is 7.97. The van der Waals surface area contributed by atoms with E-state index < -0.39 is 5.60 Å². The fourth-order valence-corrected chi connectivity index (χ4v) is 3.07. The zero-order valence-electron chi connectivity index (χ0n) is 14.3. The Bertz CT molecular complexity index is 826. The van der Waals surface area contributed by atoms with Crippen LogP contribution in [0.5, 0.6) is 0 Å². The van der Waals surface area contributed by atoms with Crippen molar-refractivity contribution in [1.29, 1.82) is 0 Å². The molecular weight excluding hydrogens is 404 g/mol. The highest BCUT2D eigenvalue weighted by atomic mass is 79.9. The van der Waals surface area contributed by atoms with Crippen LogP contribution in [-0.2, 0) is 16.1 Å². The van der Waals surface area contributed by atoms with Crippen molar-refractivity contribution in [2.45, 2.75) is 39.3 Å². The number of carbonyl (C=O) groups excluding carboxylic acids is 1. The van der Waals surface area contributed by atoms with Crippen molar-refractivity contribution < 1.29 is 31.1 Å². The zero-order valence-corrected chi connectivity index (χ0v) is 16.7. The molecule has 8 heteroatoms. The predicted octanol–water partition coefficient (Wildman–Crippen LogP) is -0.223. The van der Waals surface area contributed by atoms with E-state index in [9.17, 15) is 4.79 Å². The number of halogens is 1. The van der Waals surface area contributed by atoms with Crippen LogP contribution in [0.1, 0.15) is 27.2 Å². The summed E-state index contributed by atoms with van der Waals surface area (Å²) in [7, 11) is 0. The van der Waals surface area contributed by atoms with Crippen LogP contribution in [0.25, 0.3) is 20.9 Å². The number of thiazole rings is 1. The van der Waals surface area contributed by atoms with Gasteiger partial charge < -0.3 is 21.7 Å². The standard InChI is InChI=1S/C17H19N4O2S.BrH/c1-17(2,3)23-14(22)6-9-21-7-4-12(5-8-21)16-20-15-13(24-16)10-18-11-19-15;/h4-5,7-8,10-11H,6,9H2,1-3H3;1H/q+1;/p-1. The molecule has 0 aliphatic rings. The van der Waals surface area contributed by atoms with Gasteiger partial charge in [0.1, 0.15) is 23.4 Å². The van der Waals surface area contributed by atoms with Crippen LogP contribution in [0.3, 0.4) is 0 Å². The van der Waals surface area contributed by atoms with E-state index in [0.717, 1.165) is 15.3 Å². The van der Waals surface area contributed by atoms with E-state index in [1.165, 1.54) is 6.33 Å². The molecule has 0 spiro atoms. The number of esters is 1. The molecule has 0 saturated heterocycles. The first-order chi connectivity index (χ1) is 11.4. The maximum Gasteiger partial charge on any atom is 0.312 e. The molecule has 3 aromatic heterocycles. The topological polar surface area (TPSA) is 68.8 Å². The van der Waals surface area contributed by atoms with Crippen LogP contribution >= 0.6 is 11.3 Å². The number of aromatic nitrogens is 4. The maximum atomic E-state index is 11.8. The zero-order chi connectivity index (χ0) is 17.2. The van der Waals surface area contributed by atoms with E-state index in [1.54, 1.807) is 17.5 Å². The summed E-state index contributed by atoms with van der Waals surface area (Å²) in [6, 6.07) is 3.97. The molecule has 6 nitrogen and oxygen atoms in total. The third-order valence-corrected chi connectivity index (χ3v) is 4.23. The van der Waals surface area contributed by atoms with Gasteiger partial charge in [0.05, 0.1) is 4.70 Å². The van der Waals surface area contributed by atoms with Gasteiger partial charge in [0.2, 0.25) is 0 Å². The monoisotopic (exact) mass is 422 g/mol. The molecule has 0 amide bonds. The predicted molar refractivity (Wildman–Crippen MR) is 91.3 cm³/mol. The summed E-state index contributed by atoms with van der Waals surface area (Å²) in [5, 5.41) is 0.907. The summed E-state index contributed by atoms with van der Waals surface area (Å²) in [5.74, 6) is -0.191. The average molecular weight is 423 g/mol. The highest BCUT2D eigenvalue weighted by molar-refractivity contribution is 7.21. The first kappa shape index (κ1) is 19.4. The molecule has 3 aromatic rings. The Labute approximate surface area is 160 Å². The van der Waals surface area contributed by atoms with Gasteiger partial charge in [-0.25, -0.2) is 19.5 Å². The average Bonchev–Trinajstić information content (AvgIpc) is 2.96. The Hall–Kier alpha value is -1.93. The number of ether oxygens (including phenoxy) is 1. The quantitative estimate of drug-likeness (QED) is 0.429. The highest BCUT2D eigenvalue weighted by Gasteiger charge is 2.17. The van der Waals surface area contributed by atoms with Gasteiger partial charge in [-0.2, -0.15) is 0 Å².